The summed E-state index contributed by atoms with van der Waals surface area (Å²) in [4.78, 5) is 23.4. The summed E-state index contributed by atoms with van der Waals surface area (Å²) in [6.45, 7) is 1.42. The Morgan fingerprint density at radius 2 is 1.91 bits per heavy atom. The van der Waals surface area contributed by atoms with E-state index in [4.69, 9.17) is 4.55 Å². The number of alkyl halides is 1. The van der Waals surface area contributed by atoms with Crippen molar-refractivity contribution in [1.82, 2.24) is 5.32 Å². The van der Waals surface area contributed by atoms with Crippen LogP contribution in [0.4, 0.5) is 4.39 Å². The van der Waals surface area contributed by atoms with Gasteiger partial charge in [0, 0.05) is 0 Å². The molecule has 2 N–H and O–H groups in total. The summed E-state index contributed by atoms with van der Waals surface area (Å²) in [5.41, 5.74) is 0.0504. The van der Waals surface area contributed by atoms with Crippen LogP contribution in [0, 0.1) is 0 Å². The molecule has 1 aromatic carbocycles. The number of hydrogen-bond acceptors (Lipinski definition) is 5. The van der Waals surface area contributed by atoms with Crippen LogP contribution in [-0.2, 0) is 24.4 Å². The van der Waals surface area contributed by atoms with E-state index in [1.807, 2.05) is 5.32 Å². The molecular weight excluding hydrogens is 317 g/mol. The average molecular weight is 333 g/mol. The zero-order valence-electron chi connectivity index (χ0n) is 11.7. The van der Waals surface area contributed by atoms with Crippen LogP contribution >= 0.6 is 0 Å². The second-order valence-electron chi connectivity index (χ2n) is 4.34. The van der Waals surface area contributed by atoms with Crippen molar-refractivity contribution in [2.75, 3.05) is 12.4 Å². The van der Waals surface area contributed by atoms with E-state index in [1.54, 1.807) is 6.07 Å². The van der Waals surface area contributed by atoms with Crippen molar-refractivity contribution < 1.29 is 31.7 Å². The fourth-order valence-corrected chi connectivity index (χ4v) is 2.28. The van der Waals surface area contributed by atoms with Crippen molar-refractivity contribution in [2.45, 2.75) is 19.1 Å². The summed E-state index contributed by atoms with van der Waals surface area (Å²) in [6.07, 6.45) is -2.08. The fraction of sp³-hybridized carbons (Fsp3) is 0.385. The number of nitrogens with one attached hydrogen (secondary N) is 1. The van der Waals surface area contributed by atoms with Gasteiger partial charge in [-0.15, -0.1) is 0 Å². The van der Waals surface area contributed by atoms with Crippen molar-refractivity contribution in [3.05, 3.63) is 35.9 Å². The van der Waals surface area contributed by atoms with Gasteiger partial charge in [-0.05, 0) is 12.5 Å². The van der Waals surface area contributed by atoms with Crippen molar-refractivity contribution in [1.29, 1.82) is 0 Å². The smallest absolute Gasteiger partial charge is 0.329 e. The molecule has 0 aliphatic carbocycles. The maximum absolute atomic E-state index is 14.0. The second kappa shape index (κ2) is 7.85. The predicted molar refractivity (Wildman–Crippen MR) is 75.3 cm³/mol. The lowest BCUT2D eigenvalue weighted by Crippen LogP contribution is -2.47. The summed E-state index contributed by atoms with van der Waals surface area (Å²) < 4.78 is 49.1. The largest absolute Gasteiger partial charge is 0.464 e. The number of halogens is 1. The number of rotatable bonds is 7. The molecule has 1 unspecified atom stereocenters. The highest BCUT2D eigenvalue weighted by molar-refractivity contribution is 7.85. The number of amides is 1. The minimum absolute atomic E-state index is 0.0504. The number of carbonyl (C=O) groups is 2. The topological polar surface area (TPSA) is 110 Å². The van der Waals surface area contributed by atoms with Crippen LogP contribution in [0.2, 0.25) is 0 Å². The van der Waals surface area contributed by atoms with Crippen molar-refractivity contribution in [3.8, 4) is 0 Å². The fourth-order valence-electron chi connectivity index (χ4n) is 1.64. The molecule has 0 saturated heterocycles. The number of esters is 1. The lowest BCUT2D eigenvalue weighted by atomic mass is 10.1. The highest BCUT2D eigenvalue weighted by atomic mass is 32.2. The van der Waals surface area contributed by atoms with E-state index in [-0.39, 0.29) is 12.2 Å². The Labute approximate surface area is 127 Å². The first kappa shape index (κ1) is 18.1. The second-order valence-corrected chi connectivity index (χ2v) is 5.83. The molecule has 1 aromatic rings. The van der Waals surface area contributed by atoms with Gasteiger partial charge in [0.05, 0.1) is 6.61 Å². The third kappa shape index (κ3) is 5.78. The Morgan fingerprint density at radius 1 is 1.32 bits per heavy atom. The maximum Gasteiger partial charge on any atom is 0.329 e. The number of carbonyl (C=O) groups excluding carboxylic acids is 2. The molecule has 1 rings (SSSR count). The van der Waals surface area contributed by atoms with Crippen LogP contribution < -0.4 is 5.32 Å². The summed E-state index contributed by atoms with van der Waals surface area (Å²) >= 11 is 0. The molecule has 0 radical (unpaired) electrons. The molecule has 122 valence electrons. The van der Waals surface area contributed by atoms with Gasteiger partial charge in [0.2, 0.25) is 6.17 Å². The van der Waals surface area contributed by atoms with Gasteiger partial charge in [0.1, 0.15) is 11.8 Å². The standard InChI is InChI=1S/C13H16FNO6S/c1-2-21-13(17)10(8-22(18,19)20)15-12(16)11(14)9-6-4-3-5-7-9/h3-7,10-11H,2,8H2,1H3,(H,15,16)(H,18,19,20)/t10-,11?/m0/s1. The average Bonchev–Trinajstić information content (AvgIpc) is 2.45. The summed E-state index contributed by atoms with van der Waals surface area (Å²) in [6, 6.07) is 5.73. The Bertz CT molecular complexity index is 619. The van der Waals surface area contributed by atoms with Gasteiger partial charge in [-0.1, -0.05) is 30.3 Å². The third-order valence-corrected chi connectivity index (χ3v) is 3.34. The zero-order valence-corrected chi connectivity index (χ0v) is 12.5. The molecule has 0 aliphatic heterocycles. The van der Waals surface area contributed by atoms with E-state index in [0.29, 0.717) is 0 Å². The van der Waals surface area contributed by atoms with Gasteiger partial charge < -0.3 is 10.1 Å². The normalized spacial score (nSPS) is 14.0. The number of hydrogen-bond donors (Lipinski definition) is 2. The Hall–Kier alpha value is -2.00. The molecule has 22 heavy (non-hydrogen) atoms. The monoisotopic (exact) mass is 333 g/mol. The first-order valence-electron chi connectivity index (χ1n) is 6.35. The van der Waals surface area contributed by atoms with Crippen molar-refractivity contribution in [2.24, 2.45) is 0 Å². The van der Waals surface area contributed by atoms with E-state index >= 15 is 0 Å². The Balaban J connectivity index is 2.84. The zero-order chi connectivity index (χ0) is 16.8. The first-order chi connectivity index (χ1) is 10.2. The Kier molecular flexibility index (Phi) is 6.44. The van der Waals surface area contributed by atoms with Gasteiger partial charge >= 0.3 is 5.97 Å². The molecular formula is C13H16FNO6S. The minimum Gasteiger partial charge on any atom is -0.464 e. The predicted octanol–water partition coefficient (Wildman–Crippen LogP) is 0.633. The molecule has 0 spiro atoms. The molecule has 0 aromatic heterocycles. The Morgan fingerprint density at radius 3 is 2.41 bits per heavy atom. The summed E-state index contributed by atoms with van der Waals surface area (Å²) in [5, 5.41) is 1.93. The van der Waals surface area contributed by atoms with Gasteiger partial charge in [-0.25, -0.2) is 9.18 Å². The molecule has 7 nitrogen and oxygen atoms in total. The van der Waals surface area contributed by atoms with Crippen molar-refractivity contribution in [3.63, 3.8) is 0 Å². The van der Waals surface area contributed by atoms with E-state index in [1.165, 1.54) is 31.2 Å². The van der Waals surface area contributed by atoms with Crippen LogP contribution in [-0.4, -0.2) is 43.2 Å². The molecule has 1 amide bonds. The van der Waals surface area contributed by atoms with Gasteiger partial charge in [-0.2, -0.15) is 8.42 Å². The summed E-state index contributed by atoms with van der Waals surface area (Å²) in [5.74, 6) is -3.37. The molecule has 0 aliphatic rings. The molecule has 9 heteroatoms. The van der Waals surface area contributed by atoms with E-state index < -0.39 is 40.0 Å². The number of benzene rings is 1. The molecule has 0 bridgehead atoms. The minimum atomic E-state index is -4.56. The number of ether oxygens (including phenoxy) is 1. The molecule has 0 heterocycles. The first-order valence-corrected chi connectivity index (χ1v) is 7.96. The van der Waals surface area contributed by atoms with Gasteiger partial charge in [0.25, 0.3) is 16.0 Å². The highest BCUT2D eigenvalue weighted by Gasteiger charge is 2.30. The van der Waals surface area contributed by atoms with Crippen LogP contribution in [0.3, 0.4) is 0 Å². The maximum atomic E-state index is 14.0. The van der Waals surface area contributed by atoms with Crippen LogP contribution in [0.1, 0.15) is 18.7 Å². The van der Waals surface area contributed by atoms with E-state index in [2.05, 4.69) is 4.74 Å². The SMILES string of the molecule is CCOC(=O)[C@H](CS(=O)(=O)O)NC(=O)C(F)c1ccccc1. The molecule has 0 fully saturated rings. The highest BCUT2D eigenvalue weighted by Crippen LogP contribution is 2.17. The molecule has 0 saturated carbocycles. The summed E-state index contributed by atoms with van der Waals surface area (Å²) in [7, 11) is -4.56. The lowest BCUT2D eigenvalue weighted by molar-refractivity contribution is -0.147. The quantitative estimate of drug-likeness (QED) is 0.559. The van der Waals surface area contributed by atoms with Crippen LogP contribution in [0.15, 0.2) is 30.3 Å². The third-order valence-electron chi connectivity index (χ3n) is 2.59. The lowest BCUT2D eigenvalue weighted by Gasteiger charge is -2.17. The molecule has 2 atom stereocenters. The van der Waals surface area contributed by atoms with Gasteiger partial charge in [0.15, 0.2) is 0 Å². The van der Waals surface area contributed by atoms with Crippen LogP contribution in [0.25, 0.3) is 0 Å². The van der Waals surface area contributed by atoms with E-state index in [9.17, 15) is 22.4 Å². The van der Waals surface area contributed by atoms with Crippen molar-refractivity contribution >= 4 is 22.0 Å². The van der Waals surface area contributed by atoms with Crippen LogP contribution in [0.5, 0.6) is 0 Å². The van der Waals surface area contributed by atoms with Gasteiger partial charge in [-0.3, -0.25) is 9.35 Å². The van der Waals surface area contributed by atoms with E-state index in [0.717, 1.165) is 0 Å².